The van der Waals surface area contributed by atoms with Crippen LogP contribution in [0.25, 0.3) is 0 Å². The average molecular weight is 381 g/mol. The van der Waals surface area contributed by atoms with Gasteiger partial charge in [0.15, 0.2) is 5.12 Å². The monoisotopic (exact) mass is 380 g/mol. The summed E-state index contributed by atoms with van der Waals surface area (Å²) in [6.45, 7) is 11.2. The quantitative estimate of drug-likeness (QED) is 0.438. The van der Waals surface area contributed by atoms with E-state index in [-0.39, 0.29) is 17.6 Å². The van der Waals surface area contributed by atoms with Crippen molar-refractivity contribution in [1.29, 1.82) is 0 Å². The fraction of sp³-hybridized carbons (Fsp3) is 0.400. The van der Waals surface area contributed by atoms with Crippen LogP contribution in [0.4, 0.5) is 0 Å². The highest BCUT2D eigenvalue weighted by atomic mass is 35.5. The molecule has 0 fully saturated rings. The second kappa shape index (κ2) is 9.83. The molecule has 136 valence electrons. The molecule has 0 aromatic heterocycles. The van der Waals surface area contributed by atoms with Crippen LogP contribution in [0.3, 0.4) is 0 Å². The second-order valence-corrected chi connectivity index (χ2v) is 7.99. The molecule has 1 aromatic rings. The number of ether oxygens (including phenoxy) is 1. The van der Waals surface area contributed by atoms with Crippen molar-refractivity contribution in [2.75, 3.05) is 6.61 Å². The van der Waals surface area contributed by atoms with Gasteiger partial charge in [-0.25, -0.2) is 0 Å². The van der Waals surface area contributed by atoms with E-state index in [2.05, 4.69) is 6.58 Å². The van der Waals surface area contributed by atoms with Gasteiger partial charge in [-0.2, -0.15) is 0 Å². The van der Waals surface area contributed by atoms with E-state index in [1.807, 2.05) is 38.1 Å². The van der Waals surface area contributed by atoms with Gasteiger partial charge < -0.3 is 4.74 Å². The van der Waals surface area contributed by atoms with Crippen LogP contribution in [0.2, 0.25) is 5.02 Å². The van der Waals surface area contributed by atoms with Crippen LogP contribution < -0.4 is 0 Å². The zero-order valence-electron chi connectivity index (χ0n) is 15.2. The van der Waals surface area contributed by atoms with E-state index < -0.39 is 10.7 Å². The molecule has 0 aliphatic heterocycles. The number of rotatable bonds is 8. The molecule has 0 amide bonds. The largest absolute Gasteiger partial charge is 0.465 e. The van der Waals surface area contributed by atoms with Gasteiger partial charge in [-0.05, 0) is 44.4 Å². The molecule has 1 unspecified atom stereocenters. The first kappa shape index (κ1) is 21.5. The highest BCUT2D eigenvalue weighted by Gasteiger charge is 2.36. The number of esters is 1. The summed E-state index contributed by atoms with van der Waals surface area (Å²) in [6.07, 6.45) is 3.70. The van der Waals surface area contributed by atoms with Gasteiger partial charge in [-0.15, -0.1) is 0 Å². The lowest BCUT2D eigenvalue weighted by Gasteiger charge is -2.23. The summed E-state index contributed by atoms with van der Waals surface area (Å²) in [4.78, 5) is 24.9. The van der Waals surface area contributed by atoms with Crippen LogP contribution in [0, 0.1) is 0 Å². The van der Waals surface area contributed by atoms with E-state index in [9.17, 15) is 9.59 Å². The van der Waals surface area contributed by atoms with Gasteiger partial charge in [0.2, 0.25) is 0 Å². The number of benzene rings is 1. The topological polar surface area (TPSA) is 43.4 Å². The molecule has 0 saturated heterocycles. The summed E-state index contributed by atoms with van der Waals surface area (Å²) in [7, 11) is 0. The summed E-state index contributed by atoms with van der Waals surface area (Å²) >= 11 is 6.90. The molecular weight excluding hydrogens is 356 g/mol. The molecule has 3 nitrogen and oxygen atoms in total. The SMILES string of the molecule is C=C/C(C)=C/[C@@](C)(SC(=O)CC(C)c1ccc(Cl)cc1)C(=O)OCC. The van der Waals surface area contributed by atoms with Crippen molar-refractivity contribution in [2.24, 2.45) is 0 Å². The lowest BCUT2D eigenvalue weighted by atomic mass is 9.99. The Morgan fingerprint density at radius 1 is 1.36 bits per heavy atom. The number of hydrogen-bond acceptors (Lipinski definition) is 4. The molecule has 25 heavy (non-hydrogen) atoms. The highest BCUT2D eigenvalue weighted by Crippen LogP contribution is 2.34. The molecule has 5 heteroatoms. The third-order valence-electron chi connectivity index (χ3n) is 3.74. The Kier molecular flexibility index (Phi) is 8.46. The van der Waals surface area contributed by atoms with E-state index in [4.69, 9.17) is 16.3 Å². The fourth-order valence-corrected chi connectivity index (χ4v) is 3.65. The Labute approximate surface area is 159 Å². The molecule has 1 aromatic carbocycles. The van der Waals surface area contributed by atoms with Crippen LogP contribution in [0.5, 0.6) is 0 Å². The molecule has 0 aliphatic rings. The minimum absolute atomic E-state index is 0.0354. The number of halogens is 1. The van der Waals surface area contributed by atoms with E-state index in [0.717, 1.165) is 22.9 Å². The highest BCUT2D eigenvalue weighted by molar-refractivity contribution is 8.15. The Bertz CT molecular complexity index is 651. The summed E-state index contributed by atoms with van der Waals surface area (Å²) in [5.41, 5.74) is 1.86. The zero-order valence-corrected chi connectivity index (χ0v) is 16.7. The first-order valence-corrected chi connectivity index (χ1v) is 9.37. The van der Waals surface area contributed by atoms with Crippen LogP contribution >= 0.6 is 23.4 Å². The minimum atomic E-state index is -1.06. The van der Waals surface area contributed by atoms with E-state index >= 15 is 0 Å². The molecule has 1 rings (SSSR count). The molecule has 0 heterocycles. The Balaban J connectivity index is 2.88. The first-order chi connectivity index (χ1) is 11.7. The molecule has 0 saturated carbocycles. The van der Waals surface area contributed by atoms with Crippen molar-refractivity contribution < 1.29 is 14.3 Å². The molecule has 0 N–H and O–H groups in total. The van der Waals surface area contributed by atoms with Crippen molar-refractivity contribution in [2.45, 2.75) is 44.8 Å². The van der Waals surface area contributed by atoms with Gasteiger partial charge in [-0.1, -0.05) is 66.7 Å². The second-order valence-electron chi connectivity index (χ2n) is 6.05. The van der Waals surface area contributed by atoms with Crippen molar-refractivity contribution in [3.05, 3.63) is 59.2 Å². The summed E-state index contributed by atoms with van der Waals surface area (Å²) < 4.78 is 4.09. The molecule has 0 spiro atoms. The fourth-order valence-electron chi connectivity index (χ4n) is 2.34. The number of thioether (sulfide) groups is 1. The summed E-state index contributed by atoms with van der Waals surface area (Å²) in [5.74, 6) is -0.387. The Morgan fingerprint density at radius 3 is 2.48 bits per heavy atom. The normalized spacial score (nSPS) is 15.2. The van der Waals surface area contributed by atoms with E-state index in [1.54, 1.807) is 26.0 Å². The van der Waals surface area contributed by atoms with Crippen molar-refractivity contribution in [3.8, 4) is 0 Å². The van der Waals surface area contributed by atoms with E-state index in [0.29, 0.717) is 11.4 Å². The maximum absolute atomic E-state index is 12.6. The zero-order chi connectivity index (χ0) is 19.0. The lowest BCUT2D eigenvalue weighted by Crippen LogP contribution is -2.33. The van der Waals surface area contributed by atoms with Crippen molar-refractivity contribution >= 4 is 34.4 Å². The van der Waals surface area contributed by atoms with E-state index in [1.165, 1.54) is 0 Å². The van der Waals surface area contributed by atoms with Gasteiger partial charge in [0, 0.05) is 11.4 Å². The molecular formula is C20H25ClO3S. The Hall–Kier alpha value is -1.52. The number of allylic oxidation sites excluding steroid dienone is 2. The summed E-state index contributed by atoms with van der Waals surface area (Å²) in [6, 6.07) is 7.45. The van der Waals surface area contributed by atoms with Crippen molar-refractivity contribution in [1.82, 2.24) is 0 Å². The third kappa shape index (κ3) is 6.71. The van der Waals surface area contributed by atoms with Gasteiger partial charge in [0.1, 0.15) is 4.75 Å². The van der Waals surface area contributed by atoms with Crippen LogP contribution in [0.1, 0.15) is 45.6 Å². The van der Waals surface area contributed by atoms with Crippen molar-refractivity contribution in [3.63, 3.8) is 0 Å². The lowest BCUT2D eigenvalue weighted by molar-refractivity contribution is -0.144. The predicted octanol–water partition coefficient (Wildman–Crippen LogP) is 5.55. The van der Waals surface area contributed by atoms with Crippen LogP contribution in [0.15, 0.2) is 48.6 Å². The molecule has 2 atom stereocenters. The maximum atomic E-state index is 12.6. The number of carbonyl (C=O) groups excluding carboxylic acids is 2. The van der Waals surface area contributed by atoms with Gasteiger partial charge in [0.05, 0.1) is 6.61 Å². The molecule has 0 aliphatic carbocycles. The molecule has 0 radical (unpaired) electrons. The average Bonchev–Trinajstić information content (AvgIpc) is 2.55. The first-order valence-electron chi connectivity index (χ1n) is 8.18. The Morgan fingerprint density at radius 2 is 1.96 bits per heavy atom. The number of carbonyl (C=O) groups is 2. The molecule has 0 bridgehead atoms. The maximum Gasteiger partial charge on any atom is 0.326 e. The van der Waals surface area contributed by atoms with Gasteiger partial charge in [-0.3, -0.25) is 9.59 Å². The minimum Gasteiger partial charge on any atom is -0.465 e. The van der Waals surface area contributed by atoms with Crippen LogP contribution in [-0.4, -0.2) is 22.4 Å². The third-order valence-corrected chi connectivity index (χ3v) is 5.10. The standard InChI is InChI=1S/C20H25ClO3S/c1-6-14(3)13-20(5,19(23)24-7-2)25-18(22)12-15(4)16-8-10-17(21)11-9-16/h6,8-11,13,15H,1,7,12H2,2-5H3/b14-13+/t15?,20-/m1/s1. The number of hydrogen-bond donors (Lipinski definition) is 0. The smallest absolute Gasteiger partial charge is 0.326 e. The predicted molar refractivity (Wildman–Crippen MR) is 106 cm³/mol. The van der Waals surface area contributed by atoms with Gasteiger partial charge >= 0.3 is 5.97 Å². The van der Waals surface area contributed by atoms with Crippen LogP contribution in [-0.2, 0) is 14.3 Å². The van der Waals surface area contributed by atoms with Gasteiger partial charge in [0.25, 0.3) is 0 Å². The summed E-state index contributed by atoms with van der Waals surface area (Å²) in [5, 5.41) is 0.600.